The number of anilines is 1. The van der Waals surface area contributed by atoms with Crippen LogP contribution in [0.25, 0.3) is 0 Å². The first kappa shape index (κ1) is 18.6. The number of hydrogen-bond donors (Lipinski definition) is 2. The minimum atomic E-state index is -0.550. The van der Waals surface area contributed by atoms with Gasteiger partial charge in [-0.15, -0.1) is 11.3 Å². The van der Waals surface area contributed by atoms with E-state index in [4.69, 9.17) is 4.74 Å². The maximum absolute atomic E-state index is 11.7. The van der Waals surface area contributed by atoms with Crippen LogP contribution in [-0.4, -0.2) is 35.9 Å². The molecule has 2 rings (SSSR count). The van der Waals surface area contributed by atoms with Crippen LogP contribution in [0, 0.1) is 6.92 Å². The molecule has 7 nitrogen and oxygen atoms in total. The molecule has 0 fully saturated rings. The van der Waals surface area contributed by atoms with Crippen molar-refractivity contribution in [3.05, 3.63) is 47.0 Å². The van der Waals surface area contributed by atoms with Gasteiger partial charge < -0.3 is 10.1 Å². The van der Waals surface area contributed by atoms with Gasteiger partial charge in [0.05, 0.1) is 18.5 Å². The summed E-state index contributed by atoms with van der Waals surface area (Å²) < 4.78 is 4.86. The molecule has 0 bridgehead atoms. The van der Waals surface area contributed by atoms with Gasteiger partial charge in [0.1, 0.15) is 0 Å². The minimum absolute atomic E-state index is 0.00414. The second-order valence-electron chi connectivity index (χ2n) is 5.27. The lowest BCUT2D eigenvalue weighted by molar-refractivity contribution is -0.147. The highest BCUT2D eigenvalue weighted by atomic mass is 32.1. The lowest BCUT2D eigenvalue weighted by atomic mass is 10.1. The number of amides is 2. The number of rotatable bonds is 8. The summed E-state index contributed by atoms with van der Waals surface area (Å²) in [5.74, 6) is -1.17. The molecule has 0 saturated carbocycles. The van der Waals surface area contributed by atoms with Crippen molar-refractivity contribution in [2.24, 2.45) is 0 Å². The largest absolute Gasteiger partial charge is 0.456 e. The molecule has 2 amide bonds. The highest BCUT2D eigenvalue weighted by Crippen LogP contribution is 2.13. The molecule has 0 aliphatic heterocycles. The first-order valence-corrected chi connectivity index (χ1v) is 8.59. The number of aromatic nitrogens is 1. The Labute approximate surface area is 149 Å². The molecule has 0 atom stereocenters. The van der Waals surface area contributed by atoms with Crippen molar-refractivity contribution in [2.75, 3.05) is 18.5 Å². The van der Waals surface area contributed by atoms with E-state index in [9.17, 15) is 14.4 Å². The Morgan fingerprint density at radius 1 is 1.16 bits per heavy atom. The zero-order chi connectivity index (χ0) is 18.1. The summed E-state index contributed by atoms with van der Waals surface area (Å²) in [5.41, 5.74) is 1.71. The summed E-state index contributed by atoms with van der Waals surface area (Å²) in [6, 6.07) is 9.31. The number of thiazole rings is 1. The first-order valence-electron chi connectivity index (χ1n) is 7.71. The van der Waals surface area contributed by atoms with E-state index >= 15 is 0 Å². The second-order valence-corrected chi connectivity index (χ2v) is 6.12. The number of hydrogen-bond acceptors (Lipinski definition) is 6. The molecule has 1 aromatic heterocycles. The third kappa shape index (κ3) is 7.13. The van der Waals surface area contributed by atoms with Gasteiger partial charge >= 0.3 is 5.97 Å². The van der Waals surface area contributed by atoms with Crippen LogP contribution in [0.4, 0.5) is 5.13 Å². The molecule has 25 heavy (non-hydrogen) atoms. The van der Waals surface area contributed by atoms with Crippen molar-refractivity contribution in [3.8, 4) is 0 Å². The average Bonchev–Trinajstić information content (AvgIpc) is 2.98. The van der Waals surface area contributed by atoms with Crippen LogP contribution in [0.5, 0.6) is 0 Å². The molecule has 0 spiro atoms. The first-order chi connectivity index (χ1) is 12.0. The molecule has 1 aromatic carbocycles. The predicted molar refractivity (Wildman–Crippen MR) is 94.2 cm³/mol. The molecule has 1 heterocycles. The van der Waals surface area contributed by atoms with E-state index in [1.54, 1.807) is 5.38 Å². The maximum Gasteiger partial charge on any atom is 0.308 e. The maximum atomic E-state index is 11.7. The van der Waals surface area contributed by atoms with Crippen molar-refractivity contribution in [1.29, 1.82) is 0 Å². The van der Waals surface area contributed by atoms with Gasteiger partial charge in [0.2, 0.25) is 5.91 Å². The molecule has 2 aromatic rings. The van der Waals surface area contributed by atoms with Gasteiger partial charge in [0.15, 0.2) is 11.7 Å². The average molecular weight is 361 g/mol. The summed E-state index contributed by atoms with van der Waals surface area (Å²) >= 11 is 1.30. The number of esters is 1. The van der Waals surface area contributed by atoms with E-state index in [0.29, 0.717) is 5.13 Å². The zero-order valence-corrected chi connectivity index (χ0v) is 14.6. The summed E-state index contributed by atoms with van der Waals surface area (Å²) in [4.78, 5) is 39.0. The normalized spacial score (nSPS) is 10.1. The molecular weight excluding hydrogens is 342 g/mol. The van der Waals surface area contributed by atoms with E-state index < -0.39 is 11.9 Å². The van der Waals surface area contributed by atoms with Crippen LogP contribution in [0.15, 0.2) is 35.7 Å². The SMILES string of the molecule is Cc1csc(NC(=O)COC(=O)CCNC(=O)Cc2ccccc2)n1. The van der Waals surface area contributed by atoms with Crippen LogP contribution in [-0.2, 0) is 25.5 Å². The van der Waals surface area contributed by atoms with Gasteiger partial charge in [0.25, 0.3) is 5.91 Å². The van der Waals surface area contributed by atoms with Gasteiger partial charge in [-0.25, -0.2) is 4.98 Å². The molecule has 0 aliphatic carbocycles. The fourth-order valence-corrected chi connectivity index (χ4v) is 2.64. The van der Waals surface area contributed by atoms with E-state index in [1.165, 1.54) is 11.3 Å². The monoisotopic (exact) mass is 361 g/mol. The van der Waals surface area contributed by atoms with E-state index in [-0.39, 0.29) is 31.9 Å². The van der Waals surface area contributed by atoms with Crippen LogP contribution < -0.4 is 10.6 Å². The number of ether oxygens (including phenoxy) is 1. The molecule has 0 radical (unpaired) electrons. The van der Waals surface area contributed by atoms with Crippen molar-refractivity contribution >= 4 is 34.3 Å². The number of nitrogens with one attached hydrogen (secondary N) is 2. The second kappa shape index (κ2) is 9.53. The van der Waals surface area contributed by atoms with Crippen LogP contribution in [0.2, 0.25) is 0 Å². The number of aryl methyl sites for hydroxylation is 1. The molecule has 8 heteroatoms. The fraction of sp³-hybridized carbons (Fsp3) is 0.294. The Morgan fingerprint density at radius 2 is 1.92 bits per heavy atom. The molecule has 2 N–H and O–H groups in total. The smallest absolute Gasteiger partial charge is 0.308 e. The predicted octanol–water partition coefficient (Wildman–Crippen LogP) is 1.68. The standard InChI is InChI=1S/C17H19N3O4S/c1-12-11-25-17(19-12)20-15(22)10-24-16(23)7-8-18-14(21)9-13-5-3-2-4-6-13/h2-6,11H,7-10H2,1H3,(H,18,21)(H,19,20,22). The Morgan fingerprint density at radius 3 is 2.60 bits per heavy atom. The highest BCUT2D eigenvalue weighted by Gasteiger charge is 2.10. The third-order valence-electron chi connectivity index (χ3n) is 3.09. The van der Waals surface area contributed by atoms with Crippen LogP contribution >= 0.6 is 11.3 Å². The Hall–Kier alpha value is -2.74. The van der Waals surface area contributed by atoms with Crippen molar-refractivity contribution in [2.45, 2.75) is 19.8 Å². The minimum Gasteiger partial charge on any atom is -0.456 e. The van der Waals surface area contributed by atoms with E-state index in [0.717, 1.165) is 11.3 Å². The van der Waals surface area contributed by atoms with Crippen molar-refractivity contribution in [1.82, 2.24) is 10.3 Å². The third-order valence-corrected chi connectivity index (χ3v) is 3.96. The van der Waals surface area contributed by atoms with Crippen molar-refractivity contribution < 1.29 is 19.1 Å². The lowest BCUT2D eigenvalue weighted by Gasteiger charge is -2.06. The summed E-state index contributed by atoms with van der Waals surface area (Å²) in [7, 11) is 0. The number of carbonyl (C=O) groups excluding carboxylic acids is 3. The lowest BCUT2D eigenvalue weighted by Crippen LogP contribution is -2.28. The Kier molecular flexibility index (Phi) is 7.09. The molecule has 132 valence electrons. The summed E-state index contributed by atoms with van der Waals surface area (Å²) in [5, 5.41) is 7.45. The summed E-state index contributed by atoms with van der Waals surface area (Å²) in [6.45, 7) is 1.60. The fourth-order valence-electron chi connectivity index (χ4n) is 1.93. The van der Waals surface area contributed by atoms with Gasteiger partial charge in [0, 0.05) is 11.9 Å². The Bertz CT molecular complexity index is 731. The molecule has 0 aliphatic rings. The number of benzene rings is 1. The van der Waals surface area contributed by atoms with E-state index in [1.807, 2.05) is 37.3 Å². The Balaban J connectivity index is 1.59. The van der Waals surface area contributed by atoms with Crippen LogP contribution in [0.3, 0.4) is 0 Å². The number of nitrogens with zero attached hydrogens (tertiary/aromatic N) is 1. The molecule has 0 unspecified atom stereocenters. The van der Waals surface area contributed by atoms with Gasteiger partial charge in [-0.1, -0.05) is 30.3 Å². The summed E-state index contributed by atoms with van der Waals surface area (Å²) in [6.07, 6.45) is 0.260. The van der Waals surface area contributed by atoms with Crippen LogP contribution in [0.1, 0.15) is 17.7 Å². The topological polar surface area (TPSA) is 97.4 Å². The van der Waals surface area contributed by atoms with Gasteiger partial charge in [-0.05, 0) is 12.5 Å². The number of carbonyl (C=O) groups is 3. The van der Waals surface area contributed by atoms with Gasteiger partial charge in [-0.2, -0.15) is 0 Å². The van der Waals surface area contributed by atoms with E-state index in [2.05, 4.69) is 15.6 Å². The molecule has 0 saturated heterocycles. The quantitative estimate of drug-likeness (QED) is 0.697. The van der Waals surface area contributed by atoms with Gasteiger partial charge in [-0.3, -0.25) is 19.7 Å². The zero-order valence-electron chi connectivity index (χ0n) is 13.8. The molecular formula is C17H19N3O4S. The highest BCUT2D eigenvalue weighted by molar-refractivity contribution is 7.13. The van der Waals surface area contributed by atoms with Crippen molar-refractivity contribution in [3.63, 3.8) is 0 Å².